The molecule has 2 N–H and O–H groups in total. The maximum Gasteiger partial charge on any atom is 0.410 e. The summed E-state index contributed by atoms with van der Waals surface area (Å²) in [5, 5.41) is 0. The molecule has 27 heavy (non-hydrogen) atoms. The van der Waals surface area contributed by atoms with Gasteiger partial charge in [0.25, 0.3) is 0 Å². The number of hydrogen-bond acceptors (Lipinski definition) is 6. The first-order chi connectivity index (χ1) is 13.0. The van der Waals surface area contributed by atoms with Gasteiger partial charge in [-0.2, -0.15) is 0 Å². The van der Waals surface area contributed by atoms with Crippen LogP contribution in [-0.4, -0.2) is 78.8 Å². The molecule has 2 aromatic rings. The monoisotopic (exact) mass is 374 g/mol. The topological polar surface area (TPSA) is 79.9 Å². The number of carbonyl (C=O) groups excluding carboxylic acids is 1. The van der Waals surface area contributed by atoms with Crippen molar-refractivity contribution in [2.45, 2.75) is 19.9 Å². The molecule has 2 heterocycles. The van der Waals surface area contributed by atoms with Gasteiger partial charge < -0.3 is 24.8 Å². The van der Waals surface area contributed by atoms with Gasteiger partial charge in [0, 0.05) is 39.3 Å². The smallest absolute Gasteiger partial charge is 0.408 e. The van der Waals surface area contributed by atoms with E-state index in [-0.39, 0.29) is 0 Å². The minimum Gasteiger partial charge on any atom is -0.408 e. The molecule has 1 saturated heterocycles. The first kappa shape index (κ1) is 19.4. The van der Waals surface area contributed by atoms with E-state index in [0.717, 1.165) is 57.3 Å². The Labute approximate surface area is 160 Å². The van der Waals surface area contributed by atoms with Crippen molar-refractivity contribution in [1.82, 2.24) is 19.4 Å². The predicted octanol–water partition coefficient (Wildman–Crippen LogP) is 1.59. The Hall–Kier alpha value is -2.32. The number of piperazine rings is 1. The number of hydrogen-bond donors (Lipinski definition) is 1. The van der Waals surface area contributed by atoms with E-state index in [1.165, 1.54) is 6.42 Å². The van der Waals surface area contributed by atoms with Crippen molar-refractivity contribution in [3.8, 4) is 5.75 Å². The van der Waals surface area contributed by atoms with Gasteiger partial charge in [0.1, 0.15) is 5.52 Å². The van der Waals surface area contributed by atoms with Crippen LogP contribution in [-0.2, 0) is 6.54 Å². The van der Waals surface area contributed by atoms with Crippen LogP contribution in [0.2, 0.25) is 0 Å². The van der Waals surface area contributed by atoms with E-state index in [0.29, 0.717) is 11.3 Å². The molecule has 1 fully saturated rings. The minimum atomic E-state index is -0.819. The van der Waals surface area contributed by atoms with E-state index < -0.39 is 6.09 Å². The van der Waals surface area contributed by atoms with Gasteiger partial charge in [0.2, 0.25) is 5.95 Å². The molecule has 1 amide bonds. The first-order valence-electron chi connectivity index (χ1n) is 9.58. The molecule has 8 nitrogen and oxygen atoms in total. The molecule has 1 aliphatic heterocycles. The second-order valence-corrected chi connectivity index (χ2v) is 7.24. The number of likely N-dealkylation sites (N-methyl/N-ethyl adjacent to an activating group) is 1. The van der Waals surface area contributed by atoms with Gasteiger partial charge in [-0.15, -0.1) is 0 Å². The first-order valence-corrected chi connectivity index (χ1v) is 9.58. The second-order valence-electron chi connectivity index (χ2n) is 7.24. The summed E-state index contributed by atoms with van der Waals surface area (Å²) in [6.07, 6.45) is 0.356. The van der Waals surface area contributed by atoms with Crippen LogP contribution >= 0.6 is 0 Å². The number of amides is 1. The van der Waals surface area contributed by atoms with E-state index >= 15 is 0 Å². The highest BCUT2D eigenvalue weighted by molar-refractivity contribution is 5.87. The van der Waals surface area contributed by atoms with Gasteiger partial charge in [-0.1, -0.05) is 13.0 Å². The molecular weight excluding hydrogens is 344 g/mol. The number of para-hydroxylation sites is 1. The maximum atomic E-state index is 11.3. The lowest BCUT2D eigenvalue weighted by molar-refractivity contribution is 0.211. The SMILES string of the molecule is CCCN1CCN(c2nc3c(OC(N)=O)cccc3n2CCN(C)C)CC1. The van der Waals surface area contributed by atoms with Crippen molar-refractivity contribution in [1.29, 1.82) is 0 Å². The molecule has 0 aliphatic carbocycles. The van der Waals surface area contributed by atoms with Crippen LogP contribution in [0.4, 0.5) is 10.7 Å². The fourth-order valence-corrected chi connectivity index (χ4v) is 3.55. The quantitative estimate of drug-likeness (QED) is 0.793. The summed E-state index contributed by atoms with van der Waals surface area (Å²) in [5.74, 6) is 1.35. The summed E-state index contributed by atoms with van der Waals surface area (Å²) in [6, 6.07) is 5.62. The van der Waals surface area contributed by atoms with Crippen LogP contribution in [0.15, 0.2) is 18.2 Å². The zero-order valence-electron chi connectivity index (χ0n) is 16.5. The zero-order valence-corrected chi connectivity index (χ0v) is 16.5. The van der Waals surface area contributed by atoms with E-state index in [1.54, 1.807) is 6.07 Å². The molecule has 8 heteroatoms. The van der Waals surface area contributed by atoms with Crippen molar-refractivity contribution >= 4 is 23.1 Å². The highest BCUT2D eigenvalue weighted by Gasteiger charge is 2.23. The lowest BCUT2D eigenvalue weighted by Crippen LogP contribution is -2.47. The van der Waals surface area contributed by atoms with E-state index in [1.807, 2.05) is 12.1 Å². The lowest BCUT2D eigenvalue weighted by atomic mass is 10.3. The minimum absolute atomic E-state index is 0.412. The summed E-state index contributed by atoms with van der Waals surface area (Å²) in [7, 11) is 4.12. The highest BCUT2D eigenvalue weighted by atomic mass is 16.5. The van der Waals surface area contributed by atoms with Crippen molar-refractivity contribution in [2.24, 2.45) is 5.73 Å². The molecule has 0 radical (unpaired) electrons. The number of imidazole rings is 1. The number of anilines is 1. The number of fused-ring (bicyclic) bond motifs is 1. The number of benzene rings is 1. The van der Waals surface area contributed by atoms with Crippen LogP contribution in [0.1, 0.15) is 13.3 Å². The normalized spacial score (nSPS) is 15.6. The Balaban J connectivity index is 1.94. The fourth-order valence-electron chi connectivity index (χ4n) is 3.55. The highest BCUT2D eigenvalue weighted by Crippen LogP contribution is 2.30. The number of nitrogens with zero attached hydrogens (tertiary/aromatic N) is 5. The number of carbonyl (C=O) groups is 1. The van der Waals surface area contributed by atoms with Gasteiger partial charge >= 0.3 is 6.09 Å². The Bertz CT molecular complexity index is 780. The summed E-state index contributed by atoms with van der Waals surface area (Å²) >= 11 is 0. The summed E-state index contributed by atoms with van der Waals surface area (Å²) < 4.78 is 7.40. The summed E-state index contributed by atoms with van der Waals surface area (Å²) in [4.78, 5) is 23.1. The molecule has 1 aromatic heterocycles. The van der Waals surface area contributed by atoms with E-state index in [9.17, 15) is 4.79 Å². The Morgan fingerprint density at radius 3 is 2.59 bits per heavy atom. The van der Waals surface area contributed by atoms with E-state index in [2.05, 4.69) is 40.3 Å². The Morgan fingerprint density at radius 2 is 1.96 bits per heavy atom. The third-order valence-electron chi connectivity index (χ3n) is 4.90. The summed E-state index contributed by atoms with van der Waals surface area (Å²) in [5.41, 5.74) is 6.87. The fraction of sp³-hybridized carbons (Fsp3) is 0.579. The van der Waals surface area contributed by atoms with Crippen molar-refractivity contribution in [2.75, 3.05) is 58.3 Å². The summed E-state index contributed by atoms with van der Waals surface area (Å²) in [6.45, 7) is 9.03. The number of ether oxygens (including phenoxy) is 1. The molecule has 0 spiro atoms. The van der Waals surface area contributed by atoms with Crippen molar-refractivity contribution in [3.63, 3.8) is 0 Å². The van der Waals surface area contributed by atoms with Gasteiger partial charge in [0.05, 0.1) is 5.52 Å². The lowest BCUT2D eigenvalue weighted by Gasteiger charge is -2.35. The average molecular weight is 374 g/mol. The van der Waals surface area contributed by atoms with Crippen LogP contribution in [0, 0.1) is 0 Å². The van der Waals surface area contributed by atoms with Crippen LogP contribution in [0.25, 0.3) is 11.0 Å². The number of aromatic nitrogens is 2. The third-order valence-corrected chi connectivity index (χ3v) is 4.90. The Kier molecular flexibility index (Phi) is 6.18. The molecule has 3 rings (SSSR count). The maximum absolute atomic E-state index is 11.3. The Morgan fingerprint density at radius 1 is 1.22 bits per heavy atom. The molecular formula is C19H30N6O2. The molecule has 1 aliphatic rings. The zero-order chi connectivity index (χ0) is 19.4. The van der Waals surface area contributed by atoms with Crippen LogP contribution in [0.3, 0.4) is 0 Å². The molecule has 148 valence electrons. The standard InChI is InChI=1S/C19H30N6O2/c1-4-8-23-10-12-24(13-11-23)19-21-17-15(25(19)14-9-22(2)3)6-5-7-16(17)27-18(20)26/h5-7H,4,8-14H2,1-3H3,(H2,20,26). The molecule has 0 saturated carbocycles. The molecule has 1 aromatic carbocycles. The van der Waals surface area contributed by atoms with Crippen LogP contribution in [0.5, 0.6) is 5.75 Å². The molecule has 0 unspecified atom stereocenters. The average Bonchev–Trinajstić information content (AvgIpc) is 3.00. The number of rotatable bonds is 7. The number of primary amides is 1. The molecule has 0 bridgehead atoms. The third kappa shape index (κ3) is 4.51. The van der Waals surface area contributed by atoms with Gasteiger partial charge in [0.15, 0.2) is 5.75 Å². The van der Waals surface area contributed by atoms with Gasteiger partial charge in [-0.25, -0.2) is 9.78 Å². The number of nitrogens with two attached hydrogens (primary N) is 1. The van der Waals surface area contributed by atoms with Crippen molar-refractivity contribution < 1.29 is 9.53 Å². The van der Waals surface area contributed by atoms with Crippen LogP contribution < -0.4 is 15.4 Å². The predicted molar refractivity (Wildman–Crippen MR) is 107 cm³/mol. The van der Waals surface area contributed by atoms with Crippen molar-refractivity contribution in [3.05, 3.63) is 18.2 Å². The largest absolute Gasteiger partial charge is 0.410 e. The second kappa shape index (κ2) is 8.58. The van der Waals surface area contributed by atoms with Gasteiger partial charge in [-0.3, -0.25) is 4.90 Å². The van der Waals surface area contributed by atoms with Gasteiger partial charge in [-0.05, 0) is 39.2 Å². The van der Waals surface area contributed by atoms with E-state index in [4.69, 9.17) is 15.5 Å². The molecule has 0 atom stereocenters.